The highest BCUT2D eigenvalue weighted by Crippen LogP contribution is 2.31. The summed E-state index contributed by atoms with van der Waals surface area (Å²) >= 11 is 0. The van der Waals surface area contributed by atoms with E-state index < -0.39 is 0 Å². The first-order valence-corrected chi connectivity index (χ1v) is 8.94. The van der Waals surface area contributed by atoms with Crippen LogP contribution in [0.15, 0.2) is 30.5 Å². The van der Waals surface area contributed by atoms with E-state index in [1.165, 1.54) is 54.9 Å². The second-order valence-corrected chi connectivity index (χ2v) is 6.75. The molecule has 130 valence electrons. The molecule has 4 rings (SSSR count). The van der Waals surface area contributed by atoms with Gasteiger partial charge in [0.2, 0.25) is 0 Å². The lowest BCUT2D eigenvalue weighted by Crippen LogP contribution is -2.33. The van der Waals surface area contributed by atoms with Gasteiger partial charge in [0, 0.05) is 43.1 Å². The van der Waals surface area contributed by atoms with Gasteiger partial charge in [0.15, 0.2) is 0 Å². The van der Waals surface area contributed by atoms with E-state index in [0.717, 1.165) is 19.6 Å². The largest absolute Gasteiger partial charge is 0.384 e. The van der Waals surface area contributed by atoms with E-state index in [-0.39, 0.29) is 12.4 Å². The summed E-state index contributed by atoms with van der Waals surface area (Å²) in [6.07, 6.45) is 5.61. The summed E-state index contributed by atoms with van der Waals surface area (Å²) in [7, 11) is 0. The van der Waals surface area contributed by atoms with E-state index in [4.69, 9.17) is 0 Å². The minimum Gasteiger partial charge on any atom is -0.384 e. The van der Waals surface area contributed by atoms with Crippen LogP contribution >= 0.6 is 12.4 Å². The van der Waals surface area contributed by atoms with E-state index in [1.54, 1.807) is 0 Å². The van der Waals surface area contributed by atoms with Crippen LogP contribution in [0, 0.1) is 0 Å². The highest BCUT2D eigenvalue weighted by Gasteiger charge is 2.24. The Balaban J connectivity index is 0.00000169. The SMILES string of the molecule is CCn1nccc1C1CCN(Cc2cccc3c2NCC3)CC1.Cl. The molecule has 1 aromatic heterocycles. The number of para-hydroxylation sites is 1. The van der Waals surface area contributed by atoms with Gasteiger partial charge in [0.1, 0.15) is 0 Å². The molecule has 1 saturated heterocycles. The molecule has 1 fully saturated rings. The Hall–Kier alpha value is -1.52. The molecule has 0 spiro atoms. The third kappa shape index (κ3) is 3.31. The second kappa shape index (κ2) is 7.58. The maximum absolute atomic E-state index is 4.43. The zero-order chi connectivity index (χ0) is 15.6. The molecule has 4 nitrogen and oxygen atoms in total. The molecule has 1 N–H and O–H groups in total. The number of hydrogen-bond donors (Lipinski definition) is 1. The van der Waals surface area contributed by atoms with Gasteiger partial charge in [-0.2, -0.15) is 5.10 Å². The van der Waals surface area contributed by atoms with Crippen LogP contribution in [0.1, 0.15) is 42.5 Å². The lowest BCUT2D eigenvalue weighted by atomic mass is 9.93. The first-order valence-electron chi connectivity index (χ1n) is 8.94. The highest BCUT2D eigenvalue weighted by molar-refractivity contribution is 5.85. The zero-order valence-electron chi connectivity index (χ0n) is 14.4. The molecule has 0 atom stereocenters. The summed E-state index contributed by atoms with van der Waals surface area (Å²) in [5.41, 5.74) is 5.79. The molecule has 5 heteroatoms. The fourth-order valence-electron chi connectivity index (χ4n) is 4.12. The summed E-state index contributed by atoms with van der Waals surface area (Å²) in [4.78, 5) is 2.61. The topological polar surface area (TPSA) is 33.1 Å². The van der Waals surface area contributed by atoms with Crippen molar-refractivity contribution in [3.05, 3.63) is 47.3 Å². The smallest absolute Gasteiger partial charge is 0.0492 e. The number of hydrogen-bond acceptors (Lipinski definition) is 3. The number of piperidine rings is 1. The quantitative estimate of drug-likeness (QED) is 0.916. The first kappa shape index (κ1) is 17.3. The molecule has 0 unspecified atom stereocenters. The molecule has 2 aliphatic rings. The average Bonchev–Trinajstić information content (AvgIpc) is 3.25. The Morgan fingerprint density at radius 1 is 1.21 bits per heavy atom. The van der Waals surface area contributed by atoms with Crippen molar-refractivity contribution in [1.82, 2.24) is 14.7 Å². The Labute approximate surface area is 150 Å². The van der Waals surface area contributed by atoms with Gasteiger partial charge in [-0.15, -0.1) is 12.4 Å². The molecule has 0 bridgehead atoms. The molecule has 2 aliphatic heterocycles. The third-order valence-electron chi connectivity index (χ3n) is 5.38. The van der Waals surface area contributed by atoms with Gasteiger partial charge in [0.05, 0.1) is 0 Å². The predicted molar refractivity (Wildman–Crippen MR) is 101 cm³/mol. The molecule has 1 aromatic carbocycles. The summed E-state index contributed by atoms with van der Waals surface area (Å²) in [6, 6.07) is 8.97. The lowest BCUT2D eigenvalue weighted by Gasteiger charge is -2.32. The van der Waals surface area contributed by atoms with Crippen molar-refractivity contribution in [2.75, 3.05) is 25.0 Å². The van der Waals surface area contributed by atoms with E-state index in [1.807, 2.05) is 6.20 Å². The van der Waals surface area contributed by atoms with Gasteiger partial charge >= 0.3 is 0 Å². The first-order chi connectivity index (χ1) is 11.3. The minimum atomic E-state index is 0. The molecule has 3 heterocycles. The number of nitrogens with one attached hydrogen (secondary N) is 1. The fraction of sp³-hybridized carbons (Fsp3) is 0.526. The van der Waals surface area contributed by atoms with Crippen LogP contribution in [-0.2, 0) is 19.5 Å². The number of nitrogens with zero attached hydrogens (tertiary/aromatic N) is 3. The second-order valence-electron chi connectivity index (χ2n) is 6.75. The minimum absolute atomic E-state index is 0. The molecular weight excluding hydrogens is 320 g/mol. The van der Waals surface area contributed by atoms with Crippen molar-refractivity contribution < 1.29 is 0 Å². The summed E-state index contributed by atoms with van der Waals surface area (Å²) in [5, 5.41) is 8.00. The number of benzene rings is 1. The maximum Gasteiger partial charge on any atom is 0.0492 e. The van der Waals surface area contributed by atoms with E-state index in [9.17, 15) is 0 Å². The van der Waals surface area contributed by atoms with Crippen LogP contribution in [0.4, 0.5) is 5.69 Å². The summed E-state index contributed by atoms with van der Waals surface area (Å²) < 4.78 is 2.16. The van der Waals surface area contributed by atoms with Crippen molar-refractivity contribution in [3.8, 4) is 0 Å². The van der Waals surface area contributed by atoms with Crippen LogP contribution < -0.4 is 5.32 Å². The van der Waals surface area contributed by atoms with Crippen molar-refractivity contribution in [3.63, 3.8) is 0 Å². The van der Waals surface area contributed by atoms with Crippen LogP contribution in [0.3, 0.4) is 0 Å². The number of aryl methyl sites for hydroxylation is 1. The predicted octanol–water partition coefficient (Wildman–Crippen LogP) is 3.67. The standard InChI is InChI=1S/C19H26N4.ClH/c1-2-23-18(7-11-21-23)15-8-12-22(13-9-15)14-17-5-3-4-16-6-10-20-19(16)17;/h3-5,7,11,15,20H,2,6,8-10,12-14H2,1H3;1H. The third-order valence-corrected chi connectivity index (χ3v) is 5.38. The van der Waals surface area contributed by atoms with E-state index in [0.29, 0.717) is 5.92 Å². The van der Waals surface area contributed by atoms with Gasteiger partial charge in [-0.25, -0.2) is 0 Å². The highest BCUT2D eigenvalue weighted by atomic mass is 35.5. The van der Waals surface area contributed by atoms with E-state index in [2.05, 4.69) is 51.2 Å². The van der Waals surface area contributed by atoms with Crippen LogP contribution in [0.5, 0.6) is 0 Å². The van der Waals surface area contributed by atoms with Gasteiger partial charge in [-0.1, -0.05) is 18.2 Å². The van der Waals surface area contributed by atoms with Crippen LogP contribution in [-0.4, -0.2) is 34.3 Å². The molecule has 24 heavy (non-hydrogen) atoms. The van der Waals surface area contributed by atoms with Crippen molar-refractivity contribution in [1.29, 1.82) is 0 Å². The Morgan fingerprint density at radius 2 is 2.04 bits per heavy atom. The van der Waals surface area contributed by atoms with Gasteiger partial charge in [-0.05, 0) is 56.5 Å². The fourth-order valence-corrected chi connectivity index (χ4v) is 4.12. The number of fused-ring (bicyclic) bond motifs is 1. The van der Waals surface area contributed by atoms with Crippen molar-refractivity contribution in [2.45, 2.75) is 45.2 Å². The normalized spacial score (nSPS) is 18.0. The number of rotatable bonds is 4. The van der Waals surface area contributed by atoms with E-state index >= 15 is 0 Å². The Kier molecular flexibility index (Phi) is 5.47. The lowest BCUT2D eigenvalue weighted by molar-refractivity contribution is 0.201. The van der Waals surface area contributed by atoms with Crippen molar-refractivity contribution >= 4 is 18.1 Å². The maximum atomic E-state index is 4.43. The number of aromatic nitrogens is 2. The molecule has 0 radical (unpaired) electrons. The Morgan fingerprint density at radius 3 is 2.83 bits per heavy atom. The molecular formula is C19H27ClN4. The van der Waals surface area contributed by atoms with Gasteiger partial charge in [0.25, 0.3) is 0 Å². The average molecular weight is 347 g/mol. The van der Waals surface area contributed by atoms with Crippen molar-refractivity contribution in [2.24, 2.45) is 0 Å². The Bertz CT molecular complexity index is 674. The number of anilines is 1. The summed E-state index contributed by atoms with van der Waals surface area (Å²) in [5.74, 6) is 0.674. The van der Waals surface area contributed by atoms with Gasteiger partial charge in [-0.3, -0.25) is 9.58 Å². The molecule has 0 aliphatic carbocycles. The summed E-state index contributed by atoms with van der Waals surface area (Å²) in [6.45, 7) is 7.69. The van der Waals surface area contributed by atoms with Crippen LogP contribution in [0.25, 0.3) is 0 Å². The zero-order valence-corrected chi connectivity index (χ0v) is 15.2. The monoisotopic (exact) mass is 346 g/mol. The molecule has 0 amide bonds. The number of halogens is 1. The van der Waals surface area contributed by atoms with Crippen LogP contribution in [0.2, 0.25) is 0 Å². The molecule has 0 saturated carbocycles. The van der Waals surface area contributed by atoms with Gasteiger partial charge < -0.3 is 5.32 Å². The number of likely N-dealkylation sites (tertiary alicyclic amines) is 1. The molecule has 2 aromatic rings.